The molecule has 0 bridgehead atoms. The van der Waals surface area contributed by atoms with Gasteiger partial charge >= 0.3 is 5.97 Å². The summed E-state index contributed by atoms with van der Waals surface area (Å²) in [6.45, 7) is 0. The van der Waals surface area contributed by atoms with Crippen molar-refractivity contribution < 1.29 is 14.3 Å². The summed E-state index contributed by atoms with van der Waals surface area (Å²) in [6.07, 6.45) is 6.94. The summed E-state index contributed by atoms with van der Waals surface area (Å²) in [4.78, 5) is 26.6. The normalized spacial score (nSPS) is 23.8. The Morgan fingerprint density at radius 3 is 2.48 bits per heavy atom. The SMILES string of the molecule is COC(=O)C1CCC(=O)N1C(c1ccccc1)C1CCCCC1. The van der Waals surface area contributed by atoms with Gasteiger partial charge in [-0.05, 0) is 30.7 Å². The Kier molecular flexibility index (Phi) is 4.99. The van der Waals surface area contributed by atoms with Gasteiger partial charge in [-0.15, -0.1) is 0 Å². The number of likely N-dealkylation sites (tertiary alicyclic amines) is 1. The first kappa shape index (κ1) is 16.0. The zero-order chi connectivity index (χ0) is 16.2. The molecule has 4 nitrogen and oxygen atoms in total. The number of methoxy groups -OCH3 is 1. The van der Waals surface area contributed by atoms with E-state index in [4.69, 9.17) is 4.74 Å². The van der Waals surface area contributed by atoms with Gasteiger partial charge in [0.15, 0.2) is 0 Å². The number of ether oxygens (including phenoxy) is 1. The van der Waals surface area contributed by atoms with E-state index >= 15 is 0 Å². The average molecular weight is 315 g/mol. The molecule has 0 spiro atoms. The van der Waals surface area contributed by atoms with Crippen LogP contribution in [0.3, 0.4) is 0 Å². The van der Waals surface area contributed by atoms with Crippen LogP contribution in [0.25, 0.3) is 0 Å². The molecule has 1 aromatic rings. The number of hydrogen-bond acceptors (Lipinski definition) is 3. The maximum Gasteiger partial charge on any atom is 0.328 e. The zero-order valence-electron chi connectivity index (χ0n) is 13.7. The highest BCUT2D eigenvalue weighted by molar-refractivity contribution is 5.88. The van der Waals surface area contributed by atoms with Crippen LogP contribution in [0.5, 0.6) is 0 Å². The van der Waals surface area contributed by atoms with Crippen molar-refractivity contribution in [3.63, 3.8) is 0 Å². The van der Waals surface area contributed by atoms with Gasteiger partial charge < -0.3 is 9.64 Å². The van der Waals surface area contributed by atoms with Crippen LogP contribution < -0.4 is 0 Å². The predicted molar refractivity (Wildman–Crippen MR) is 87.6 cm³/mol. The second-order valence-electron chi connectivity index (χ2n) is 6.63. The van der Waals surface area contributed by atoms with Crippen LogP contribution >= 0.6 is 0 Å². The van der Waals surface area contributed by atoms with Gasteiger partial charge in [-0.25, -0.2) is 4.79 Å². The van der Waals surface area contributed by atoms with Gasteiger partial charge in [0, 0.05) is 6.42 Å². The van der Waals surface area contributed by atoms with Crippen LogP contribution in [0.15, 0.2) is 30.3 Å². The molecule has 4 heteroatoms. The smallest absolute Gasteiger partial charge is 0.328 e. The molecule has 124 valence electrons. The van der Waals surface area contributed by atoms with Gasteiger partial charge in [-0.2, -0.15) is 0 Å². The highest BCUT2D eigenvalue weighted by atomic mass is 16.5. The molecular weight excluding hydrogens is 290 g/mol. The van der Waals surface area contributed by atoms with E-state index in [1.165, 1.54) is 26.4 Å². The molecular formula is C19H25NO3. The van der Waals surface area contributed by atoms with Crippen LogP contribution in [0, 0.1) is 5.92 Å². The third kappa shape index (κ3) is 3.26. The molecule has 2 atom stereocenters. The van der Waals surface area contributed by atoms with Crippen molar-refractivity contribution in [1.29, 1.82) is 0 Å². The molecule has 2 aliphatic rings. The summed E-state index contributed by atoms with van der Waals surface area (Å²) in [5.74, 6) is 0.229. The molecule has 1 aliphatic carbocycles. The molecule has 0 aromatic heterocycles. The van der Waals surface area contributed by atoms with E-state index in [-0.39, 0.29) is 17.9 Å². The molecule has 1 aliphatic heterocycles. The Bertz CT molecular complexity index is 551. The lowest BCUT2D eigenvalue weighted by Crippen LogP contribution is -2.44. The van der Waals surface area contributed by atoms with Crippen molar-refractivity contribution >= 4 is 11.9 Å². The fraction of sp³-hybridized carbons (Fsp3) is 0.579. The first-order chi connectivity index (χ1) is 11.2. The summed E-state index contributed by atoms with van der Waals surface area (Å²) in [5.41, 5.74) is 1.14. The summed E-state index contributed by atoms with van der Waals surface area (Å²) in [7, 11) is 1.40. The molecule has 1 aromatic carbocycles. The molecule has 2 unspecified atom stereocenters. The number of benzene rings is 1. The number of nitrogens with zero attached hydrogens (tertiary/aromatic N) is 1. The minimum Gasteiger partial charge on any atom is -0.467 e. The number of hydrogen-bond donors (Lipinski definition) is 0. The fourth-order valence-electron chi connectivity index (χ4n) is 4.18. The summed E-state index contributed by atoms with van der Waals surface area (Å²) >= 11 is 0. The Morgan fingerprint density at radius 1 is 1.13 bits per heavy atom. The predicted octanol–water partition coefficient (Wildman–Crippen LogP) is 3.47. The van der Waals surface area contributed by atoms with Crippen molar-refractivity contribution in [2.24, 2.45) is 5.92 Å². The molecule has 1 saturated heterocycles. The standard InChI is InChI=1S/C19H25NO3/c1-23-19(22)16-12-13-17(21)20(16)18(14-8-4-2-5-9-14)15-10-6-3-7-11-15/h2,4-5,8-9,15-16,18H,3,6-7,10-13H2,1H3. The molecule has 1 heterocycles. The third-order valence-corrected chi connectivity index (χ3v) is 5.27. The Hall–Kier alpha value is -1.84. The monoisotopic (exact) mass is 315 g/mol. The first-order valence-corrected chi connectivity index (χ1v) is 8.66. The highest BCUT2D eigenvalue weighted by Gasteiger charge is 2.44. The van der Waals surface area contributed by atoms with Crippen LogP contribution in [-0.4, -0.2) is 29.9 Å². The average Bonchev–Trinajstić information content (AvgIpc) is 2.98. The molecule has 2 fully saturated rings. The third-order valence-electron chi connectivity index (χ3n) is 5.27. The molecule has 3 rings (SSSR count). The number of carbonyl (C=O) groups excluding carboxylic acids is 2. The number of carbonyl (C=O) groups is 2. The van der Waals surface area contributed by atoms with Crippen molar-refractivity contribution in [1.82, 2.24) is 4.90 Å². The molecule has 1 amide bonds. The Morgan fingerprint density at radius 2 is 1.83 bits per heavy atom. The van der Waals surface area contributed by atoms with E-state index in [2.05, 4.69) is 12.1 Å². The van der Waals surface area contributed by atoms with Crippen LogP contribution in [0.2, 0.25) is 0 Å². The summed E-state index contributed by atoms with van der Waals surface area (Å²) in [6, 6.07) is 9.75. The van der Waals surface area contributed by atoms with Crippen molar-refractivity contribution in [2.75, 3.05) is 7.11 Å². The van der Waals surface area contributed by atoms with E-state index in [9.17, 15) is 9.59 Å². The van der Waals surface area contributed by atoms with E-state index in [0.29, 0.717) is 18.8 Å². The van der Waals surface area contributed by atoms with Crippen LogP contribution in [-0.2, 0) is 14.3 Å². The van der Waals surface area contributed by atoms with E-state index in [1.54, 1.807) is 0 Å². The van der Waals surface area contributed by atoms with E-state index < -0.39 is 6.04 Å². The van der Waals surface area contributed by atoms with E-state index in [1.807, 2.05) is 23.1 Å². The largest absolute Gasteiger partial charge is 0.467 e. The lowest BCUT2D eigenvalue weighted by Gasteiger charge is -2.39. The fourth-order valence-corrected chi connectivity index (χ4v) is 4.18. The Balaban J connectivity index is 1.96. The molecule has 1 saturated carbocycles. The van der Waals surface area contributed by atoms with Crippen LogP contribution in [0.1, 0.15) is 56.6 Å². The van der Waals surface area contributed by atoms with Crippen molar-refractivity contribution in [3.05, 3.63) is 35.9 Å². The minimum absolute atomic E-state index is 0.00407. The first-order valence-electron chi connectivity index (χ1n) is 8.66. The van der Waals surface area contributed by atoms with E-state index in [0.717, 1.165) is 18.4 Å². The lowest BCUT2D eigenvalue weighted by molar-refractivity contribution is -0.152. The number of rotatable bonds is 4. The topological polar surface area (TPSA) is 46.6 Å². The van der Waals surface area contributed by atoms with Crippen LogP contribution in [0.4, 0.5) is 0 Å². The van der Waals surface area contributed by atoms with Gasteiger partial charge in [-0.1, -0.05) is 49.6 Å². The highest BCUT2D eigenvalue weighted by Crippen LogP contribution is 2.42. The van der Waals surface area contributed by atoms with Gasteiger partial charge in [0.25, 0.3) is 0 Å². The van der Waals surface area contributed by atoms with Gasteiger partial charge in [-0.3, -0.25) is 4.79 Å². The number of esters is 1. The van der Waals surface area contributed by atoms with Gasteiger partial charge in [0.1, 0.15) is 6.04 Å². The van der Waals surface area contributed by atoms with Crippen molar-refractivity contribution in [3.8, 4) is 0 Å². The molecule has 23 heavy (non-hydrogen) atoms. The van der Waals surface area contributed by atoms with Gasteiger partial charge in [0.05, 0.1) is 13.2 Å². The Labute approximate surface area is 137 Å². The quantitative estimate of drug-likeness (QED) is 0.799. The maximum atomic E-state index is 12.6. The van der Waals surface area contributed by atoms with Crippen molar-refractivity contribution in [2.45, 2.75) is 57.0 Å². The second kappa shape index (κ2) is 7.16. The maximum absolute atomic E-state index is 12.6. The summed E-state index contributed by atoms with van der Waals surface area (Å²) < 4.78 is 4.95. The molecule has 0 N–H and O–H groups in total. The zero-order valence-corrected chi connectivity index (χ0v) is 13.7. The summed E-state index contributed by atoms with van der Waals surface area (Å²) in [5, 5.41) is 0. The number of amides is 1. The second-order valence-corrected chi connectivity index (χ2v) is 6.63. The molecule has 0 radical (unpaired) electrons. The lowest BCUT2D eigenvalue weighted by atomic mass is 9.80. The minimum atomic E-state index is -0.431. The van der Waals surface area contributed by atoms with Gasteiger partial charge in [0.2, 0.25) is 5.91 Å².